The summed E-state index contributed by atoms with van der Waals surface area (Å²) < 4.78 is 5.15. The Bertz CT molecular complexity index is 882. The van der Waals surface area contributed by atoms with Crippen LogP contribution in [0.2, 0.25) is 0 Å². The molecule has 3 aromatic rings. The topological polar surface area (TPSA) is 59.2 Å². The van der Waals surface area contributed by atoms with Crippen LogP contribution in [0.5, 0.6) is 0 Å². The molecular weight excluding hydrogens is 302 g/mol. The second-order valence-electron chi connectivity index (χ2n) is 6.38. The summed E-state index contributed by atoms with van der Waals surface area (Å²) in [5.41, 5.74) is 1.66. The SMILES string of the molecule is Cc1nc(C(=O)N2CCC(Cc3cncc4ccccc34)C2)co1. The van der Waals surface area contributed by atoms with E-state index in [1.165, 1.54) is 22.6 Å². The molecular formula is C19H19N3O2. The Hall–Kier alpha value is -2.69. The summed E-state index contributed by atoms with van der Waals surface area (Å²) in [7, 11) is 0. The molecule has 5 heteroatoms. The molecule has 4 rings (SSSR count). The molecule has 1 amide bonds. The number of aryl methyl sites for hydroxylation is 1. The van der Waals surface area contributed by atoms with Crippen LogP contribution >= 0.6 is 0 Å². The molecule has 0 radical (unpaired) electrons. The standard InChI is InChI=1S/C19H19N3O2/c1-13-21-18(12-24-13)19(23)22-7-6-14(11-22)8-16-10-20-9-15-4-2-3-5-17(15)16/h2-5,9-10,12,14H,6-8,11H2,1H3. The van der Waals surface area contributed by atoms with Gasteiger partial charge >= 0.3 is 0 Å². The maximum absolute atomic E-state index is 12.5. The third-order valence-corrected chi connectivity index (χ3v) is 4.67. The van der Waals surface area contributed by atoms with E-state index in [1.54, 1.807) is 6.92 Å². The predicted octanol–water partition coefficient (Wildman–Crippen LogP) is 3.24. The van der Waals surface area contributed by atoms with E-state index < -0.39 is 0 Å². The highest BCUT2D eigenvalue weighted by molar-refractivity contribution is 5.92. The molecule has 0 aliphatic carbocycles. The number of oxazole rings is 1. The molecule has 1 atom stereocenters. The van der Waals surface area contributed by atoms with Gasteiger partial charge in [0.15, 0.2) is 11.6 Å². The first kappa shape index (κ1) is 14.9. The van der Waals surface area contributed by atoms with E-state index in [1.807, 2.05) is 23.4 Å². The molecule has 1 saturated heterocycles. The fraction of sp³-hybridized carbons (Fsp3) is 0.316. The number of carbonyl (C=O) groups excluding carboxylic acids is 1. The zero-order valence-electron chi connectivity index (χ0n) is 13.6. The average molecular weight is 321 g/mol. The van der Waals surface area contributed by atoms with E-state index in [0.29, 0.717) is 17.5 Å². The van der Waals surface area contributed by atoms with Gasteiger partial charge in [0, 0.05) is 37.8 Å². The van der Waals surface area contributed by atoms with E-state index >= 15 is 0 Å². The Kier molecular flexibility index (Phi) is 3.76. The fourth-order valence-corrected chi connectivity index (χ4v) is 3.46. The molecule has 1 fully saturated rings. The monoisotopic (exact) mass is 321 g/mol. The molecule has 0 spiro atoms. The lowest BCUT2D eigenvalue weighted by Crippen LogP contribution is -2.29. The van der Waals surface area contributed by atoms with Crippen molar-refractivity contribution in [2.45, 2.75) is 19.8 Å². The minimum Gasteiger partial charge on any atom is -0.448 e. The van der Waals surface area contributed by atoms with E-state index in [-0.39, 0.29) is 5.91 Å². The van der Waals surface area contributed by atoms with Crippen molar-refractivity contribution in [3.8, 4) is 0 Å². The molecule has 1 aromatic carbocycles. The molecule has 1 aliphatic rings. The van der Waals surface area contributed by atoms with Crippen molar-refractivity contribution in [1.29, 1.82) is 0 Å². The van der Waals surface area contributed by atoms with E-state index in [0.717, 1.165) is 25.9 Å². The van der Waals surface area contributed by atoms with Crippen LogP contribution in [0.25, 0.3) is 10.8 Å². The maximum atomic E-state index is 12.5. The van der Waals surface area contributed by atoms with Gasteiger partial charge in [0.2, 0.25) is 0 Å². The molecule has 0 N–H and O–H groups in total. The molecule has 3 heterocycles. The van der Waals surface area contributed by atoms with Gasteiger partial charge in [-0.05, 0) is 29.7 Å². The summed E-state index contributed by atoms with van der Waals surface area (Å²) in [6.07, 6.45) is 7.24. The van der Waals surface area contributed by atoms with Crippen LogP contribution in [-0.2, 0) is 6.42 Å². The summed E-state index contributed by atoms with van der Waals surface area (Å²) >= 11 is 0. The third kappa shape index (κ3) is 2.77. The van der Waals surface area contributed by atoms with E-state index in [4.69, 9.17) is 4.42 Å². The van der Waals surface area contributed by atoms with Crippen LogP contribution in [0.1, 0.15) is 28.4 Å². The number of nitrogens with zero attached hydrogens (tertiary/aromatic N) is 3. The van der Waals surface area contributed by atoms with Crippen LogP contribution in [0.15, 0.2) is 47.3 Å². The normalized spacial score (nSPS) is 17.5. The lowest BCUT2D eigenvalue weighted by atomic mass is 9.96. The van der Waals surface area contributed by atoms with Gasteiger partial charge in [-0.15, -0.1) is 0 Å². The highest BCUT2D eigenvalue weighted by Crippen LogP contribution is 2.26. The van der Waals surface area contributed by atoms with Crippen molar-refractivity contribution in [3.05, 3.63) is 60.1 Å². The zero-order chi connectivity index (χ0) is 16.5. The zero-order valence-corrected chi connectivity index (χ0v) is 13.6. The van der Waals surface area contributed by atoms with Crippen LogP contribution in [0.3, 0.4) is 0 Å². The lowest BCUT2D eigenvalue weighted by molar-refractivity contribution is 0.0781. The van der Waals surface area contributed by atoms with Crippen molar-refractivity contribution in [3.63, 3.8) is 0 Å². The minimum absolute atomic E-state index is 0.0367. The third-order valence-electron chi connectivity index (χ3n) is 4.67. The number of rotatable bonds is 3. The Morgan fingerprint density at radius 2 is 2.21 bits per heavy atom. The van der Waals surface area contributed by atoms with Crippen molar-refractivity contribution in [2.24, 2.45) is 5.92 Å². The van der Waals surface area contributed by atoms with Crippen LogP contribution in [-0.4, -0.2) is 33.9 Å². The number of likely N-dealkylation sites (tertiary alicyclic amines) is 1. The predicted molar refractivity (Wildman–Crippen MR) is 90.7 cm³/mol. The Morgan fingerprint density at radius 3 is 3.04 bits per heavy atom. The largest absolute Gasteiger partial charge is 0.448 e. The highest BCUT2D eigenvalue weighted by atomic mass is 16.3. The van der Waals surface area contributed by atoms with Gasteiger partial charge < -0.3 is 9.32 Å². The molecule has 24 heavy (non-hydrogen) atoms. The van der Waals surface area contributed by atoms with Crippen molar-refractivity contribution < 1.29 is 9.21 Å². The van der Waals surface area contributed by atoms with Gasteiger partial charge in [0.05, 0.1) is 0 Å². The van der Waals surface area contributed by atoms with Gasteiger partial charge in [-0.25, -0.2) is 4.98 Å². The number of fused-ring (bicyclic) bond motifs is 1. The first-order valence-electron chi connectivity index (χ1n) is 8.24. The van der Waals surface area contributed by atoms with Crippen LogP contribution < -0.4 is 0 Å². The van der Waals surface area contributed by atoms with Crippen molar-refractivity contribution in [1.82, 2.24) is 14.9 Å². The van der Waals surface area contributed by atoms with Crippen LogP contribution in [0, 0.1) is 12.8 Å². The summed E-state index contributed by atoms with van der Waals surface area (Å²) in [5.74, 6) is 0.941. The number of amides is 1. The van der Waals surface area contributed by atoms with E-state index in [2.05, 4.69) is 28.2 Å². The summed E-state index contributed by atoms with van der Waals surface area (Å²) in [6, 6.07) is 8.32. The highest BCUT2D eigenvalue weighted by Gasteiger charge is 2.28. The number of pyridine rings is 1. The summed E-state index contributed by atoms with van der Waals surface area (Å²) in [4.78, 5) is 22.8. The molecule has 5 nitrogen and oxygen atoms in total. The molecule has 0 bridgehead atoms. The average Bonchev–Trinajstić information content (AvgIpc) is 3.24. The fourth-order valence-electron chi connectivity index (χ4n) is 3.46. The molecule has 2 aromatic heterocycles. The van der Waals surface area contributed by atoms with Gasteiger partial charge in [-0.2, -0.15) is 0 Å². The van der Waals surface area contributed by atoms with E-state index in [9.17, 15) is 4.79 Å². The molecule has 1 unspecified atom stereocenters. The van der Waals surface area contributed by atoms with Gasteiger partial charge in [-0.3, -0.25) is 9.78 Å². The van der Waals surface area contributed by atoms with Crippen molar-refractivity contribution in [2.75, 3.05) is 13.1 Å². The molecule has 0 saturated carbocycles. The Balaban J connectivity index is 1.48. The first-order chi connectivity index (χ1) is 11.7. The minimum atomic E-state index is -0.0367. The molecule has 122 valence electrons. The Morgan fingerprint density at radius 1 is 1.33 bits per heavy atom. The van der Waals surface area contributed by atoms with Gasteiger partial charge in [0.1, 0.15) is 6.26 Å². The van der Waals surface area contributed by atoms with Gasteiger partial charge in [-0.1, -0.05) is 24.3 Å². The number of hydrogen-bond acceptors (Lipinski definition) is 4. The molecule has 1 aliphatic heterocycles. The second kappa shape index (κ2) is 6.07. The number of benzene rings is 1. The van der Waals surface area contributed by atoms with Gasteiger partial charge in [0.25, 0.3) is 5.91 Å². The second-order valence-corrected chi connectivity index (χ2v) is 6.38. The summed E-state index contributed by atoms with van der Waals surface area (Å²) in [6.45, 7) is 3.28. The smallest absolute Gasteiger partial charge is 0.275 e. The first-order valence-corrected chi connectivity index (χ1v) is 8.24. The lowest BCUT2D eigenvalue weighted by Gasteiger charge is -2.15. The summed E-state index contributed by atoms with van der Waals surface area (Å²) in [5, 5.41) is 2.42. The number of aromatic nitrogens is 2. The number of carbonyl (C=O) groups is 1. The quantitative estimate of drug-likeness (QED) is 0.743. The van der Waals surface area contributed by atoms with Crippen LogP contribution in [0.4, 0.5) is 0 Å². The van der Waals surface area contributed by atoms with Crippen molar-refractivity contribution >= 4 is 16.7 Å². The Labute approximate surface area is 140 Å². The maximum Gasteiger partial charge on any atom is 0.275 e. The number of hydrogen-bond donors (Lipinski definition) is 0.